The van der Waals surface area contributed by atoms with Gasteiger partial charge in [0.25, 0.3) is 20.2 Å². The van der Waals surface area contributed by atoms with E-state index in [1.807, 2.05) is 19.1 Å². The van der Waals surface area contributed by atoms with Gasteiger partial charge in [-0.2, -0.15) is 21.4 Å². The summed E-state index contributed by atoms with van der Waals surface area (Å²) in [4.78, 5) is 1.87. The highest BCUT2D eigenvalue weighted by Gasteiger charge is 2.48. The number of benzene rings is 4. The summed E-state index contributed by atoms with van der Waals surface area (Å²) < 4.78 is 71.1. The second-order valence-corrected chi connectivity index (χ2v) is 18.0. The number of fused-ring (bicyclic) bond motifs is 4. The highest BCUT2D eigenvalue weighted by atomic mass is 32.2. The first-order chi connectivity index (χ1) is 23.4. The zero-order chi connectivity index (χ0) is 36.4. The van der Waals surface area contributed by atoms with E-state index in [2.05, 4.69) is 69.2 Å². The van der Waals surface area contributed by atoms with Gasteiger partial charge in [-0.25, -0.2) is 0 Å². The van der Waals surface area contributed by atoms with Crippen molar-refractivity contribution in [1.29, 1.82) is 0 Å². The molecule has 0 saturated heterocycles. The first-order valence-corrected chi connectivity index (χ1v) is 20.4. The molecule has 0 amide bonds. The minimum absolute atomic E-state index is 0.0938. The van der Waals surface area contributed by atoms with Crippen molar-refractivity contribution < 1.29 is 30.5 Å². The molecule has 0 fully saturated rings. The van der Waals surface area contributed by atoms with Gasteiger partial charge in [-0.1, -0.05) is 51.0 Å². The average molecular weight is 718 g/mol. The zero-order valence-electron chi connectivity index (χ0n) is 30.1. The third kappa shape index (κ3) is 6.29. The van der Waals surface area contributed by atoms with Crippen LogP contribution in [-0.4, -0.2) is 48.8 Å². The molecular formula is C40H49N2O6S2+. The maximum absolute atomic E-state index is 12.3. The summed E-state index contributed by atoms with van der Waals surface area (Å²) in [6.45, 7) is 16.3. The number of hydrogen-bond acceptors (Lipinski definition) is 5. The highest BCUT2D eigenvalue weighted by Crippen LogP contribution is 2.54. The molecule has 0 aliphatic carbocycles. The normalized spacial score (nSPS) is 18.2. The molecule has 0 spiro atoms. The molecule has 2 aliphatic rings. The predicted octanol–water partition coefficient (Wildman–Crippen LogP) is 9.18. The van der Waals surface area contributed by atoms with Crippen molar-refractivity contribution in [2.45, 2.75) is 114 Å². The topological polar surface area (TPSA) is 115 Å². The van der Waals surface area contributed by atoms with Crippen molar-refractivity contribution in [3.63, 3.8) is 0 Å². The molecule has 4 aromatic rings. The van der Waals surface area contributed by atoms with E-state index in [0.717, 1.165) is 66.2 Å². The largest absolute Gasteiger partial charge is 0.337 e. The first-order valence-electron chi connectivity index (χ1n) is 17.5. The molecule has 2 N–H and O–H groups in total. The molecule has 0 saturated carbocycles. The number of unbranched alkanes of at least 4 members (excludes halogenated alkanes) is 2. The highest BCUT2D eigenvalue weighted by molar-refractivity contribution is 7.86. The summed E-state index contributed by atoms with van der Waals surface area (Å²) in [7, 11) is -8.84. The number of aryl methyl sites for hydroxylation is 2. The van der Waals surface area contributed by atoms with Crippen molar-refractivity contribution in [1.82, 2.24) is 0 Å². The lowest BCUT2D eigenvalue weighted by molar-refractivity contribution is -0.440. The van der Waals surface area contributed by atoms with E-state index in [0.29, 0.717) is 5.69 Å². The molecule has 6 rings (SSSR count). The number of nitrogens with zero attached hydrogens (tertiary/aromatic N) is 2. The third-order valence-corrected chi connectivity index (χ3v) is 12.8. The van der Waals surface area contributed by atoms with E-state index in [1.54, 1.807) is 12.1 Å². The van der Waals surface area contributed by atoms with Crippen LogP contribution in [0.5, 0.6) is 0 Å². The van der Waals surface area contributed by atoms with Gasteiger partial charge in [0.2, 0.25) is 5.69 Å². The van der Waals surface area contributed by atoms with E-state index >= 15 is 0 Å². The smallest absolute Gasteiger partial charge is 0.294 e. The van der Waals surface area contributed by atoms with Gasteiger partial charge in [-0.3, -0.25) is 9.11 Å². The molecule has 4 aromatic carbocycles. The lowest BCUT2D eigenvalue weighted by atomic mass is 9.75. The van der Waals surface area contributed by atoms with Gasteiger partial charge in [-0.15, -0.1) is 0 Å². The van der Waals surface area contributed by atoms with Gasteiger partial charge in [0.15, 0.2) is 5.71 Å². The van der Waals surface area contributed by atoms with Crippen LogP contribution in [0.1, 0.15) is 95.4 Å². The van der Waals surface area contributed by atoms with Crippen LogP contribution < -0.4 is 4.90 Å². The monoisotopic (exact) mass is 717 g/mol. The van der Waals surface area contributed by atoms with Crippen LogP contribution in [0.15, 0.2) is 76.5 Å². The van der Waals surface area contributed by atoms with Crippen LogP contribution in [-0.2, 0) is 31.1 Å². The second-order valence-electron chi connectivity index (χ2n) is 15.2. The van der Waals surface area contributed by atoms with Crippen LogP contribution in [0.3, 0.4) is 0 Å². The Morgan fingerprint density at radius 1 is 0.800 bits per heavy atom. The van der Waals surface area contributed by atoms with E-state index in [4.69, 9.17) is 0 Å². The molecule has 0 aromatic heterocycles. The van der Waals surface area contributed by atoms with Crippen molar-refractivity contribution in [3.8, 4) is 0 Å². The van der Waals surface area contributed by atoms with Crippen LogP contribution >= 0.6 is 0 Å². The van der Waals surface area contributed by atoms with E-state index in [1.165, 1.54) is 53.2 Å². The van der Waals surface area contributed by atoms with Crippen molar-refractivity contribution in [2.75, 3.05) is 11.4 Å². The molecule has 0 bridgehead atoms. The van der Waals surface area contributed by atoms with Gasteiger partial charge in [0.05, 0.1) is 15.2 Å². The Hall–Kier alpha value is -3.57. The number of rotatable bonds is 11. The molecule has 0 radical (unpaired) electrons. The second kappa shape index (κ2) is 12.9. The summed E-state index contributed by atoms with van der Waals surface area (Å²) in [5.41, 5.74) is 8.19. The van der Waals surface area contributed by atoms with Crippen molar-refractivity contribution >= 4 is 53.8 Å². The Bertz CT molecular complexity index is 2250. The minimum Gasteiger partial charge on any atom is -0.337 e. The summed E-state index contributed by atoms with van der Waals surface area (Å²) in [6, 6.07) is 19.9. The fourth-order valence-corrected chi connectivity index (χ4v) is 9.58. The van der Waals surface area contributed by atoms with Crippen LogP contribution in [0.4, 0.5) is 17.1 Å². The Labute approximate surface area is 297 Å². The van der Waals surface area contributed by atoms with Crippen LogP contribution in [0, 0.1) is 13.8 Å². The summed E-state index contributed by atoms with van der Waals surface area (Å²) in [6.07, 6.45) is 6.03. The Balaban J connectivity index is 1.44. The quantitative estimate of drug-likeness (QED) is 0.0903. The molecule has 1 unspecified atom stereocenters. The molecule has 50 heavy (non-hydrogen) atoms. The summed E-state index contributed by atoms with van der Waals surface area (Å²) >= 11 is 0. The fourth-order valence-electron chi connectivity index (χ4n) is 8.56. The maximum atomic E-state index is 12.3. The standard InChI is InChI=1S/C40H48N2O6S2/c1-8-9-10-21-41-34-20-17-26(2)22-33(34)39(4,5)36(41)15-12-16-37-40(6,7)38-31-19-18-30(50(46,47)48)25-32(31)27(3)23-35(38)42(37)28-13-11-14-29(24-28)49(43,44)45/h11,13-14,17-20,22-25,37H,8-10,12,15-16,21H2,1-7H3,(H-,43,44,45,46,47,48)/p+1. The molecule has 266 valence electrons. The molecule has 2 heterocycles. The van der Waals surface area contributed by atoms with Gasteiger partial charge >= 0.3 is 0 Å². The van der Waals surface area contributed by atoms with E-state index < -0.39 is 25.7 Å². The number of anilines is 2. The maximum Gasteiger partial charge on any atom is 0.294 e. The Kier molecular flexibility index (Phi) is 9.34. The molecule has 10 heteroatoms. The molecule has 2 aliphatic heterocycles. The van der Waals surface area contributed by atoms with Crippen molar-refractivity contribution in [3.05, 3.63) is 89.0 Å². The van der Waals surface area contributed by atoms with Crippen LogP contribution in [0.25, 0.3) is 10.8 Å². The van der Waals surface area contributed by atoms with Crippen LogP contribution in [0.2, 0.25) is 0 Å². The predicted molar refractivity (Wildman–Crippen MR) is 201 cm³/mol. The molecule has 1 atom stereocenters. The fraction of sp³-hybridized carbons (Fsp3) is 0.425. The summed E-state index contributed by atoms with van der Waals surface area (Å²) in [5.74, 6) is 0. The zero-order valence-corrected chi connectivity index (χ0v) is 31.7. The van der Waals surface area contributed by atoms with Gasteiger partial charge in [0, 0.05) is 47.3 Å². The van der Waals surface area contributed by atoms with Gasteiger partial charge in [0.1, 0.15) is 6.54 Å². The van der Waals surface area contributed by atoms with E-state index in [9.17, 15) is 25.9 Å². The van der Waals surface area contributed by atoms with E-state index in [-0.39, 0.29) is 21.2 Å². The lowest BCUT2D eigenvalue weighted by Gasteiger charge is -2.35. The molecule has 8 nitrogen and oxygen atoms in total. The van der Waals surface area contributed by atoms with Gasteiger partial charge in [-0.05, 0) is 111 Å². The van der Waals surface area contributed by atoms with Gasteiger partial charge < -0.3 is 4.90 Å². The lowest BCUT2D eigenvalue weighted by Crippen LogP contribution is -2.39. The Morgan fingerprint density at radius 2 is 1.50 bits per heavy atom. The van der Waals surface area contributed by atoms with Crippen molar-refractivity contribution in [2.24, 2.45) is 0 Å². The summed E-state index contributed by atoms with van der Waals surface area (Å²) in [5, 5.41) is 1.62. The Morgan fingerprint density at radius 3 is 2.18 bits per heavy atom. The SMILES string of the molecule is CCCCC[N+]1=C(CCCC2N(c3cccc(S(=O)(=O)O)c3)c3cc(C)c4cc(S(=O)(=O)O)ccc4c3C2(C)C)C(C)(C)c2cc(C)ccc21. The third-order valence-electron chi connectivity index (χ3n) is 11.1. The minimum atomic E-state index is -4.44. The number of hydrogen-bond donors (Lipinski definition) is 2. The first kappa shape index (κ1) is 36.2. The average Bonchev–Trinajstić information content (AvgIpc) is 3.38. The molecular weight excluding hydrogens is 669 g/mol.